The highest BCUT2D eigenvalue weighted by atomic mass is 16.5. The fourth-order valence-electron chi connectivity index (χ4n) is 3.52. The number of aryl methyl sites for hydroxylation is 1. The topological polar surface area (TPSA) is 71.1 Å². The number of ether oxygens (including phenoxy) is 2. The number of methoxy groups -OCH3 is 2. The largest absolute Gasteiger partial charge is 0.497 e. The average Bonchev–Trinajstić information content (AvgIpc) is 2.75. The molecule has 0 spiro atoms. The van der Waals surface area contributed by atoms with E-state index in [0.717, 1.165) is 11.1 Å². The summed E-state index contributed by atoms with van der Waals surface area (Å²) < 4.78 is 10.5. The monoisotopic (exact) mass is 411 g/mol. The summed E-state index contributed by atoms with van der Waals surface area (Å²) in [6.07, 6.45) is 0.421. The second kappa shape index (κ2) is 10.1. The number of amides is 2. The molecule has 1 fully saturated rings. The van der Waals surface area contributed by atoms with Gasteiger partial charge in [-0.25, -0.2) is 0 Å². The molecule has 0 radical (unpaired) electrons. The quantitative estimate of drug-likeness (QED) is 0.757. The van der Waals surface area contributed by atoms with E-state index in [-0.39, 0.29) is 18.4 Å². The Balaban J connectivity index is 1.48. The fourth-order valence-corrected chi connectivity index (χ4v) is 3.52. The first kappa shape index (κ1) is 21.6. The van der Waals surface area contributed by atoms with Crippen LogP contribution in [0.1, 0.15) is 11.1 Å². The van der Waals surface area contributed by atoms with Gasteiger partial charge < -0.3 is 19.7 Å². The molecule has 30 heavy (non-hydrogen) atoms. The van der Waals surface area contributed by atoms with Gasteiger partial charge in [-0.3, -0.25) is 14.5 Å². The van der Waals surface area contributed by atoms with E-state index >= 15 is 0 Å². The van der Waals surface area contributed by atoms with Gasteiger partial charge in [0, 0.05) is 50.1 Å². The van der Waals surface area contributed by atoms with E-state index in [1.165, 1.54) is 0 Å². The third kappa shape index (κ3) is 5.73. The van der Waals surface area contributed by atoms with Crippen LogP contribution in [0.25, 0.3) is 0 Å². The Kier molecular flexibility index (Phi) is 7.30. The number of nitrogens with zero attached hydrogens (tertiary/aromatic N) is 2. The molecule has 2 amide bonds. The summed E-state index contributed by atoms with van der Waals surface area (Å²) in [6, 6.07) is 13.2. The first-order chi connectivity index (χ1) is 14.5. The molecule has 2 aromatic carbocycles. The number of hydrogen-bond donors (Lipinski definition) is 1. The molecule has 7 heteroatoms. The number of carbonyl (C=O) groups is 2. The van der Waals surface area contributed by atoms with E-state index in [1.54, 1.807) is 32.4 Å². The van der Waals surface area contributed by atoms with Crippen LogP contribution >= 0.6 is 0 Å². The average molecular weight is 412 g/mol. The molecule has 0 atom stereocenters. The van der Waals surface area contributed by atoms with Crippen molar-refractivity contribution in [1.82, 2.24) is 9.80 Å². The summed E-state index contributed by atoms with van der Waals surface area (Å²) in [5.41, 5.74) is 2.83. The molecule has 1 aliphatic rings. The summed E-state index contributed by atoms with van der Waals surface area (Å²) in [7, 11) is 3.14. The molecule has 1 N–H and O–H groups in total. The molecule has 7 nitrogen and oxygen atoms in total. The molecule has 0 saturated carbocycles. The van der Waals surface area contributed by atoms with Crippen LogP contribution in [-0.2, 0) is 16.0 Å². The molecule has 0 bridgehead atoms. The van der Waals surface area contributed by atoms with Crippen molar-refractivity contribution >= 4 is 17.5 Å². The Morgan fingerprint density at radius 2 is 1.60 bits per heavy atom. The van der Waals surface area contributed by atoms with Crippen molar-refractivity contribution in [2.75, 3.05) is 52.3 Å². The highest BCUT2D eigenvalue weighted by Gasteiger charge is 2.23. The highest BCUT2D eigenvalue weighted by molar-refractivity contribution is 5.92. The Morgan fingerprint density at radius 3 is 2.20 bits per heavy atom. The van der Waals surface area contributed by atoms with Crippen molar-refractivity contribution in [3.63, 3.8) is 0 Å². The standard InChI is InChI=1S/C23H29N3O4/c1-17-6-4-5-7-18(17)12-23(28)26-10-8-25(9-11-26)16-22(27)24-19-13-20(29-2)15-21(14-19)30-3/h4-7,13-15H,8-12,16H2,1-3H3,(H,24,27). The molecule has 1 heterocycles. The lowest BCUT2D eigenvalue weighted by Gasteiger charge is -2.34. The van der Waals surface area contributed by atoms with E-state index in [0.29, 0.717) is 49.8 Å². The second-order valence-electron chi connectivity index (χ2n) is 7.41. The summed E-state index contributed by atoms with van der Waals surface area (Å²) in [5, 5.41) is 2.89. The minimum Gasteiger partial charge on any atom is -0.497 e. The summed E-state index contributed by atoms with van der Waals surface area (Å²) >= 11 is 0. The van der Waals surface area contributed by atoms with E-state index < -0.39 is 0 Å². The van der Waals surface area contributed by atoms with Crippen LogP contribution in [0, 0.1) is 6.92 Å². The number of rotatable bonds is 7. The Bertz CT molecular complexity index is 870. The molecule has 1 saturated heterocycles. The molecule has 0 aromatic heterocycles. The van der Waals surface area contributed by atoms with Crippen LogP contribution in [0.15, 0.2) is 42.5 Å². The molecule has 1 aliphatic heterocycles. The highest BCUT2D eigenvalue weighted by Crippen LogP contribution is 2.25. The normalized spacial score (nSPS) is 14.3. The lowest BCUT2D eigenvalue weighted by Crippen LogP contribution is -2.50. The first-order valence-electron chi connectivity index (χ1n) is 10.1. The second-order valence-corrected chi connectivity index (χ2v) is 7.41. The Morgan fingerprint density at radius 1 is 0.967 bits per heavy atom. The zero-order chi connectivity index (χ0) is 21.5. The lowest BCUT2D eigenvalue weighted by molar-refractivity contribution is -0.132. The Hall–Kier alpha value is -3.06. The van der Waals surface area contributed by atoms with Gasteiger partial charge in [0.05, 0.1) is 27.2 Å². The van der Waals surface area contributed by atoms with Crippen LogP contribution in [0.4, 0.5) is 5.69 Å². The van der Waals surface area contributed by atoms with Crippen molar-refractivity contribution in [1.29, 1.82) is 0 Å². The van der Waals surface area contributed by atoms with Crippen LogP contribution in [0.2, 0.25) is 0 Å². The SMILES string of the molecule is COc1cc(NC(=O)CN2CCN(C(=O)Cc3ccccc3C)CC2)cc(OC)c1. The van der Waals surface area contributed by atoms with Crippen LogP contribution < -0.4 is 14.8 Å². The van der Waals surface area contributed by atoms with Gasteiger partial charge in [-0.1, -0.05) is 24.3 Å². The van der Waals surface area contributed by atoms with Crippen molar-refractivity contribution < 1.29 is 19.1 Å². The van der Waals surface area contributed by atoms with Crippen molar-refractivity contribution in [3.8, 4) is 11.5 Å². The van der Waals surface area contributed by atoms with Gasteiger partial charge in [0.1, 0.15) is 11.5 Å². The first-order valence-corrected chi connectivity index (χ1v) is 10.1. The maximum Gasteiger partial charge on any atom is 0.238 e. The third-order valence-electron chi connectivity index (χ3n) is 5.33. The predicted octanol–water partition coefficient (Wildman–Crippen LogP) is 2.34. The van der Waals surface area contributed by atoms with Gasteiger partial charge in [0.25, 0.3) is 0 Å². The molecule has 2 aromatic rings. The van der Waals surface area contributed by atoms with E-state index in [2.05, 4.69) is 10.2 Å². The van der Waals surface area contributed by atoms with Gasteiger partial charge in [-0.05, 0) is 18.1 Å². The molecular formula is C23H29N3O4. The minimum absolute atomic E-state index is 0.106. The maximum absolute atomic E-state index is 12.6. The molecule has 0 unspecified atom stereocenters. The zero-order valence-electron chi connectivity index (χ0n) is 17.8. The minimum atomic E-state index is -0.106. The van der Waals surface area contributed by atoms with Crippen molar-refractivity contribution in [3.05, 3.63) is 53.6 Å². The smallest absolute Gasteiger partial charge is 0.238 e. The van der Waals surface area contributed by atoms with Crippen molar-refractivity contribution in [2.45, 2.75) is 13.3 Å². The van der Waals surface area contributed by atoms with Gasteiger partial charge >= 0.3 is 0 Å². The number of anilines is 1. The van der Waals surface area contributed by atoms with E-state index in [4.69, 9.17) is 9.47 Å². The zero-order valence-corrected chi connectivity index (χ0v) is 17.8. The van der Waals surface area contributed by atoms with Crippen LogP contribution in [0.3, 0.4) is 0 Å². The van der Waals surface area contributed by atoms with Crippen LogP contribution in [-0.4, -0.2) is 68.6 Å². The summed E-state index contributed by atoms with van der Waals surface area (Å²) in [6.45, 7) is 4.91. The number of benzene rings is 2. The van der Waals surface area contributed by atoms with Gasteiger partial charge in [-0.2, -0.15) is 0 Å². The van der Waals surface area contributed by atoms with Gasteiger partial charge in [0.15, 0.2) is 0 Å². The van der Waals surface area contributed by atoms with E-state index in [1.807, 2.05) is 36.1 Å². The molecule has 0 aliphatic carbocycles. The maximum atomic E-state index is 12.6. The Labute approximate surface area is 177 Å². The third-order valence-corrected chi connectivity index (χ3v) is 5.33. The molecule has 160 valence electrons. The van der Waals surface area contributed by atoms with Crippen molar-refractivity contribution in [2.24, 2.45) is 0 Å². The number of hydrogen-bond acceptors (Lipinski definition) is 5. The summed E-state index contributed by atoms with van der Waals surface area (Å²) in [4.78, 5) is 29.0. The number of carbonyl (C=O) groups excluding carboxylic acids is 2. The number of piperazine rings is 1. The van der Waals surface area contributed by atoms with Gasteiger partial charge in [0.2, 0.25) is 11.8 Å². The number of nitrogens with one attached hydrogen (secondary N) is 1. The van der Waals surface area contributed by atoms with E-state index in [9.17, 15) is 9.59 Å². The fraction of sp³-hybridized carbons (Fsp3) is 0.391. The molecular weight excluding hydrogens is 382 g/mol. The van der Waals surface area contributed by atoms with Gasteiger partial charge in [-0.15, -0.1) is 0 Å². The van der Waals surface area contributed by atoms with Crippen LogP contribution in [0.5, 0.6) is 11.5 Å². The summed E-state index contributed by atoms with van der Waals surface area (Å²) in [5.74, 6) is 1.26. The molecule has 3 rings (SSSR count). The lowest BCUT2D eigenvalue weighted by atomic mass is 10.1. The predicted molar refractivity (Wildman–Crippen MR) is 116 cm³/mol.